The van der Waals surface area contributed by atoms with Crippen LogP contribution in [0.1, 0.15) is 46.1 Å². The summed E-state index contributed by atoms with van der Waals surface area (Å²) in [5, 5.41) is 4.28. The van der Waals surface area contributed by atoms with Gasteiger partial charge in [0.1, 0.15) is 5.00 Å². The SMILES string of the molecule is CCOC(=O)c1c(NC(=O)C=Cc2ccc(Cl)c(Cl)c2)sc2c1CCCC2. The third-order valence-electron chi connectivity index (χ3n) is 4.26. The average Bonchev–Trinajstić information content (AvgIpc) is 3.00. The Bertz CT molecular complexity index is 905. The van der Waals surface area contributed by atoms with Gasteiger partial charge in [0.05, 0.1) is 22.2 Å². The highest BCUT2D eigenvalue weighted by atomic mass is 35.5. The van der Waals surface area contributed by atoms with Gasteiger partial charge in [-0.05, 0) is 61.9 Å². The number of ether oxygens (including phenoxy) is 1. The maximum Gasteiger partial charge on any atom is 0.341 e. The van der Waals surface area contributed by atoms with Crippen LogP contribution in [-0.2, 0) is 22.4 Å². The quantitative estimate of drug-likeness (QED) is 0.490. The van der Waals surface area contributed by atoms with Crippen LogP contribution in [0, 0.1) is 0 Å². The molecule has 3 rings (SSSR count). The number of esters is 1. The number of aryl methyl sites for hydroxylation is 1. The predicted molar refractivity (Wildman–Crippen MR) is 111 cm³/mol. The number of fused-ring (bicyclic) bond motifs is 1. The van der Waals surface area contributed by atoms with Gasteiger partial charge in [-0.2, -0.15) is 0 Å². The molecule has 142 valence electrons. The standard InChI is InChI=1S/C20H19Cl2NO3S/c1-2-26-20(25)18-13-5-3-4-6-16(13)27-19(18)23-17(24)10-8-12-7-9-14(21)15(22)11-12/h7-11H,2-6H2,1H3,(H,23,24). The Hall–Kier alpha value is -1.82. The number of halogens is 2. The van der Waals surface area contributed by atoms with Crippen LogP contribution in [-0.4, -0.2) is 18.5 Å². The number of hydrogen-bond acceptors (Lipinski definition) is 4. The van der Waals surface area contributed by atoms with Crippen molar-refractivity contribution in [1.82, 2.24) is 0 Å². The molecule has 0 aliphatic heterocycles. The Balaban J connectivity index is 1.80. The average molecular weight is 424 g/mol. The van der Waals surface area contributed by atoms with Crippen molar-refractivity contribution < 1.29 is 14.3 Å². The highest BCUT2D eigenvalue weighted by Crippen LogP contribution is 2.38. The zero-order valence-electron chi connectivity index (χ0n) is 14.8. The molecule has 0 bridgehead atoms. The van der Waals surface area contributed by atoms with Crippen LogP contribution in [0.4, 0.5) is 5.00 Å². The van der Waals surface area contributed by atoms with Gasteiger partial charge in [0.15, 0.2) is 0 Å². The number of carbonyl (C=O) groups is 2. The summed E-state index contributed by atoms with van der Waals surface area (Å²) in [5.41, 5.74) is 2.29. The Morgan fingerprint density at radius 3 is 2.74 bits per heavy atom. The molecule has 0 saturated heterocycles. The summed E-state index contributed by atoms with van der Waals surface area (Å²) in [6.07, 6.45) is 6.97. The number of hydrogen-bond donors (Lipinski definition) is 1. The van der Waals surface area contributed by atoms with Gasteiger partial charge in [-0.25, -0.2) is 4.79 Å². The minimum absolute atomic E-state index is 0.300. The molecule has 1 aliphatic rings. The third kappa shape index (κ3) is 4.72. The van der Waals surface area contributed by atoms with E-state index in [9.17, 15) is 9.59 Å². The van der Waals surface area contributed by atoms with Gasteiger partial charge >= 0.3 is 5.97 Å². The predicted octanol–water partition coefficient (Wildman–Crippen LogP) is 5.76. The van der Waals surface area contributed by atoms with Gasteiger partial charge in [-0.15, -0.1) is 11.3 Å². The lowest BCUT2D eigenvalue weighted by atomic mass is 9.95. The first kappa shape index (κ1) is 19.9. The second-order valence-corrected chi connectivity index (χ2v) is 8.05. The molecule has 0 fully saturated rings. The lowest BCUT2D eigenvalue weighted by Gasteiger charge is -2.12. The van der Waals surface area contributed by atoms with Crippen LogP contribution in [0.15, 0.2) is 24.3 Å². The van der Waals surface area contributed by atoms with Crippen LogP contribution >= 0.6 is 34.5 Å². The van der Waals surface area contributed by atoms with Crippen molar-refractivity contribution in [2.45, 2.75) is 32.6 Å². The van der Waals surface area contributed by atoms with Crippen molar-refractivity contribution in [2.24, 2.45) is 0 Å². The molecular formula is C20H19Cl2NO3S. The third-order valence-corrected chi connectivity index (χ3v) is 6.20. The monoisotopic (exact) mass is 423 g/mol. The molecule has 4 nitrogen and oxygen atoms in total. The normalized spacial score (nSPS) is 13.4. The summed E-state index contributed by atoms with van der Waals surface area (Å²) >= 11 is 13.3. The van der Waals surface area contributed by atoms with Gasteiger partial charge in [-0.1, -0.05) is 29.3 Å². The lowest BCUT2D eigenvalue weighted by molar-refractivity contribution is -0.111. The van der Waals surface area contributed by atoms with Gasteiger partial charge in [-0.3, -0.25) is 4.79 Å². The Morgan fingerprint density at radius 2 is 2.00 bits per heavy atom. The van der Waals surface area contributed by atoms with Crippen LogP contribution in [0.3, 0.4) is 0 Å². The first-order chi connectivity index (χ1) is 13.0. The molecule has 27 heavy (non-hydrogen) atoms. The fourth-order valence-corrected chi connectivity index (χ4v) is 4.60. The van der Waals surface area contributed by atoms with Crippen LogP contribution in [0.2, 0.25) is 10.0 Å². The smallest absolute Gasteiger partial charge is 0.341 e. The summed E-state index contributed by atoms with van der Waals surface area (Å²) in [7, 11) is 0. The minimum Gasteiger partial charge on any atom is -0.462 e. The van der Waals surface area contributed by atoms with Gasteiger partial charge in [0.25, 0.3) is 0 Å². The first-order valence-electron chi connectivity index (χ1n) is 8.75. The maximum atomic E-state index is 12.4. The second-order valence-electron chi connectivity index (χ2n) is 6.13. The van der Waals surface area contributed by atoms with Crippen molar-refractivity contribution in [1.29, 1.82) is 0 Å². The Labute approximate surface area is 172 Å². The fourth-order valence-electron chi connectivity index (χ4n) is 3.01. The first-order valence-corrected chi connectivity index (χ1v) is 10.3. The van der Waals surface area contributed by atoms with E-state index in [2.05, 4.69) is 5.32 Å². The van der Waals surface area contributed by atoms with Gasteiger partial charge in [0.2, 0.25) is 5.91 Å². The highest BCUT2D eigenvalue weighted by Gasteiger charge is 2.26. The summed E-state index contributed by atoms with van der Waals surface area (Å²) < 4.78 is 5.20. The number of thiophene rings is 1. The molecule has 7 heteroatoms. The van der Waals surface area contributed by atoms with Crippen LogP contribution in [0.5, 0.6) is 0 Å². The summed E-state index contributed by atoms with van der Waals surface area (Å²) in [6, 6.07) is 5.13. The summed E-state index contributed by atoms with van der Waals surface area (Å²) in [6.45, 7) is 2.07. The molecule has 0 spiro atoms. The van der Waals surface area contributed by atoms with E-state index in [1.54, 1.807) is 31.2 Å². The molecule has 2 aromatic rings. The van der Waals surface area contributed by atoms with E-state index in [0.717, 1.165) is 41.7 Å². The molecule has 0 radical (unpaired) electrons. The molecule has 0 unspecified atom stereocenters. The van der Waals surface area contributed by atoms with E-state index >= 15 is 0 Å². The number of rotatable bonds is 5. The maximum absolute atomic E-state index is 12.4. The minimum atomic E-state index is -0.374. The number of carbonyl (C=O) groups excluding carboxylic acids is 2. The van der Waals surface area contributed by atoms with Gasteiger partial charge in [0, 0.05) is 11.0 Å². The van der Waals surface area contributed by atoms with Crippen molar-refractivity contribution in [2.75, 3.05) is 11.9 Å². The van der Waals surface area contributed by atoms with Crippen molar-refractivity contribution in [3.05, 3.63) is 55.9 Å². The molecule has 1 amide bonds. The number of amides is 1. The molecule has 1 aromatic heterocycles. The highest BCUT2D eigenvalue weighted by molar-refractivity contribution is 7.17. The molecule has 1 aromatic carbocycles. The van der Waals surface area contributed by atoms with Gasteiger partial charge < -0.3 is 10.1 Å². The molecular weight excluding hydrogens is 405 g/mol. The van der Waals surface area contributed by atoms with Crippen LogP contribution < -0.4 is 5.32 Å². The topological polar surface area (TPSA) is 55.4 Å². The molecule has 1 N–H and O–H groups in total. The Morgan fingerprint density at radius 1 is 1.22 bits per heavy atom. The second kappa shape index (κ2) is 8.91. The van der Waals surface area contributed by atoms with E-state index in [-0.39, 0.29) is 11.9 Å². The largest absolute Gasteiger partial charge is 0.462 e. The van der Waals surface area contributed by atoms with E-state index in [0.29, 0.717) is 27.2 Å². The number of nitrogens with one attached hydrogen (secondary N) is 1. The fraction of sp³-hybridized carbons (Fsp3) is 0.300. The molecule has 0 saturated carbocycles. The number of anilines is 1. The Kier molecular flexibility index (Phi) is 6.58. The lowest BCUT2D eigenvalue weighted by Crippen LogP contribution is -2.14. The van der Waals surface area contributed by atoms with Crippen LogP contribution in [0.25, 0.3) is 6.08 Å². The molecule has 1 heterocycles. The van der Waals surface area contributed by atoms with Crippen molar-refractivity contribution in [3.63, 3.8) is 0 Å². The van der Waals surface area contributed by atoms with Crippen molar-refractivity contribution in [3.8, 4) is 0 Å². The zero-order valence-corrected chi connectivity index (χ0v) is 17.1. The van der Waals surface area contributed by atoms with E-state index in [1.807, 2.05) is 0 Å². The summed E-state index contributed by atoms with van der Waals surface area (Å²) in [4.78, 5) is 26.0. The number of benzene rings is 1. The zero-order chi connectivity index (χ0) is 19.4. The van der Waals surface area contributed by atoms with E-state index < -0.39 is 0 Å². The molecule has 1 aliphatic carbocycles. The van der Waals surface area contributed by atoms with E-state index in [4.69, 9.17) is 27.9 Å². The van der Waals surface area contributed by atoms with Crippen molar-refractivity contribution >= 4 is 57.5 Å². The molecule has 0 atom stereocenters. The summed E-state index contributed by atoms with van der Waals surface area (Å²) in [5.74, 6) is -0.689. The van der Waals surface area contributed by atoms with E-state index in [1.165, 1.54) is 17.4 Å².